The van der Waals surface area contributed by atoms with Crippen LogP contribution in [0.2, 0.25) is 5.02 Å². The van der Waals surface area contributed by atoms with Crippen molar-refractivity contribution in [3.63, 3.8) is 0 Å². The second kappa shape index (κ2) is 7.54. The molecule has 0 aliphatic carbocycles. The molecule has 1 atom stereocenters. The Morgan fingerprint density at radius 3 is 2.50 bits per heavy atom. The van der Waals surface area contributed by atoms with Crippen LogP contribution in [0.25, 0.3) is 0 Å². The normalized spacial score (nSPS) is 18.2. The summed E-state index contributed by atoms with van der Waals surface area (Å²) in [7, 11) is 0. The lowest BCUT2D eigenvalue weighted by molar-refractivity contribution is 0.229. The summed E-state index contributed by atoms with van der Waals surface area (Å²) < 4.78 is 13.3. The maximum absolute atomic E-state index is 13.3. The van der Waals surface area contributed by atoms with E-state index in [-0.39, 0.29) is 22.8 Å². The fraction of sp³-hybridized carbons (Fsp3) is 0.538. The van der Waals surface area contributed by atoms with Crippen LogP contribution >= 0.6 is 35.6 Å². The van der Waals surface area contributed by atoms with Crippen molar-refractivity contribution in [1.29, 1.82) is 0 Å². The summed E-state index contributed by atoms with van der Waals surface area (Å²) in [5, 5.41) is -0.0181. The summed E-state index contributed by atoms with van der Waals surface area (Å²) in [5.41, 5.74) is 0.805. The van der Waals surface area contributed by atoms with E-state index < -0.39 is 5.82 Å². The molecule has 0 spiro atoms. The lowest BCUT2D eigenvalue weighted by atomic mass is 10.1. The fourth-order valence-corrected chi connectivity index (χ4v) is 2.63. The van der Waals surface area contributed by atoms with Gasteiger partial charge in [-0.3, -0.25) is 0 Å². The molecular formula is C13H17Cl3FN. The topological polar surface area (TPSA) is 3.24 Å². The highest BCUT2D eigenvalue weighted by Crippen LogP contribution is 2.26. The van der Waals surface area contributed by atoms with Crippen molar-refractivity contribution in [1.82, 2.24) is 4.90 Å². The van der Waals surface area contributed by atoms with Gasteiger partial charge in [-0.2, -0.15) is 0 Å². The van der Waals surface area contributed by atoms with E-state index in [0.29, 0.717) is 0 Å². The van der Waals surface area contributed by atoms with Gasteiger partial charge in [0, 0.05) is 6.54 Å². The van der Waals surface area contributed by atoms with Crippen LogP contribution in [0.4, 0.5) is 4.39 Å². The molecule has 0 bridgehead atoms. The predicted molar refractivity (Wildman–Crippen MR) is 77.5 cm³/mol. The molecule has 0 saturated carbocycles. The first-order valence-corrected chi connectivity index (χ1v) is 6.79. The number of alkyl halides is 1. The van der Waals surface area contributed by atoms with Crippen molar-refractivity contribution >= 4 is 35.6 Å². The Morgan fingerprint density at radius 2 is 1.89 bits per heavy atom. The van der Waals surface area contributed by atoms with Gasteiger partial charge in [0.25, 0.3) is 0 Å². The quantitative estimate of drug-likeness (QED) is 0.733. The number of rotatable bonds is 3. The summed E-state index contributed by atoms with van der Waals surface area (Å²) in [5.74, 6) is -0.395. The molecular weight excluding hydrogens is 296 g/mol. The van der Waals surface area contributed by atoms with Crippen LogP contribution in [0, 0.1) is 5.82 Å². The van der Waals surface area contributed by atoms with Crippen LogP contribution in [-0.4, -0.2) is 24.5 Å². The molecule has 1 saturated heterocycles. The SMILES string of the molecule is Cl.Fc1cc(C(Cl)CN2CCCCC2)ccc1Cl. The van der Waals surface area contributed by atoms with E-state index in [2.05, 4.69) is 4.90 Å². The van der Waals surface area contributed by atoms with E-state index in [9.17, 15) is 4.39 Å². The highest BCUT2D eigenvalue weighted by Gasteiger charge is 2.16. The molecule has 0 aromatic heterocycles. The first-order chi connectivity index (χ1) is 8.16. The molecule has 1 nitrogen and oxygen atoms in total. The Bertz CT molecular complexity index is 380. The van der Waals surface area contributed by atoms with Gasteiger partial charge >= 0.3 is 0 Å². The van der Waals surface area contributed by atoms with E-state index in [1.54, 1.807) is 12.1 Å². The first-order valence-electron chi connectivity index (χ1n) is 5.98. The number of hydrogen-bond donors (Lipinski definition) is 0. The zero-order chi connectivity index (χ0) is 12.3. The predicted octanol–water partition coefficient (Wildman–Crippen LogP) is 4.67. The summed E-state index contributed by atoms with van der Waals surface area (Å²) in [6.45, 7) is 2.97. The van der Waals surface area contributed by atoms with Crippen LogP contribution in [0.3, 0.4) is 0 Å². The lowest BCUT2D eigenvalue weighted by Crippen LogP contribution is -2.32. The van der Waals surface area contributed by atoms with Gasteiger partial charge in [0.15, 0.2) is 0 Å². The second-order valence-corrected chi connectivity index (χ2v) is 5.44. The average Bonchev–Trinajstić information content (AvgIpc) is 2.34. The molecule has 2 rings (SSSR count). The minimum Gasteiger partial charge on any atom is -0.302 e. The number of benzene rings is 1. The smallest absolute Gasteiger partial charge is 0.142 e. The number of hydrogen-bond acceptors (Lipinski definition) is 1. The van der Waals surface area contributed by atoms with Crippen molar-refractivity contribution in [3.05, 3.63) is 34.6 Å². The molecule has 1 unspecified atom stereocenters. The van der Waals surface area contributed by atoms with Gasteiger partial charge in [0.05, 0.1) is 10.4 Å². The van der Waals surface area contributed by atoms with Crippen LogP contribution < -0.4 is 0 Å². The standard InChI is InChI=1S/C13H16Cl2FN.ClH/c14-11-5-4-10(8-13(11)16)12(15)9-17-6-2-1-3-7-17;/h4-5,8,12H,1-3,6-7,9H2;1H. The molecule has 0 N–H and O–H groups in total. The number of piperidine rings is 1. The number of halogens is 4. The summed E-state index contributed by atoms with van der Waals surface area (Å²) in [4.78, 5) is 2.34. The third kappa shape index (κ3) is 4.27. The van der Waals surface area contributed by atoms with Crippen molar-refractivity contribution < 1.29 is 4.39 Å². The largest absolute Gasteiger partial charge is 0.302 e. The molecule has 5 heteroatoms. The Hall–Kier alpha value is -0.0200. The van der Waals surface area contributed by atoms with E-state index >= 15 is 0 Å². The Morgan fingerprint density at radius 1 is 1.22 bits per heavy atom. The Balaban J connectivity index is 0.00000162. The van der Waals surface area contributed by atoms with Gasteiger partial charge in [-0.05, 0) is 43.6 Å². The van der Waals surface area contributed by atoms with Crippen LogP contribution in [0.15, 0.2) is 18.2 Å². The minimum absolute atomic E-state index is 0. The maximum atomic E-state index is 13.3. The fourth-order valence-electron chi connectivity index (χ4n) is 2.18. The molecule has 1 aliphatic heterocycles. The number of nitrogens with zero attached hydrogens (tertiary/aromatic N) is 1. The van der Waals surface area contributed by atoms with E-state index in [1.165, 1.54) is 25.3 Å². The highest BCUT2D eigenvalue weighted by atomic mass is 35.5. The van der Waals surface area contributed by atoms with Crippen LogP contribution in [0.5, 0.6) is 0 Å². The molecule has 18 heavy (non-hydrogen) atoms. The summed E-state index contributed by atoms with van der Waals surface area (Å²) >= 11 is 12.0. The molecule has 0 radical (unpaired) electrons. The van der Waals surface area contributed by atoms with Gasteiger partial charge in [0.1, 0.15) is 5.82 Å². The third-order valence-electron chi connectivity index (χ3n) is 3.17. The average molecular weight is 313 g/mol. The van der Waals surface area contributed by atoms with Gasteiger partial charge in [-0.15, -0.1) is 24.0 Å². The van der Waals surface area contributed by atoms with E-state index in [4.69, 9.17) is 23.2 Å². The molecule has 0 amide bonds. The Labute approximate surface area is 124 Å². The van der Waals surface area contributed by atoms with Crippen LogP contribution in [-0.2, 0) is 0 Å². The first kappa shape index (κ1) is 16.0. The van der Waals surface area contributed by atoms with Crippen LogP contribution in [0.1, 0.15) is 30.2 Å². The monoisotopic (exact) mass is 311 g/mol. The maximum Gasteiger partial charge on any atom is 0.142 e. The zero-order valence-corrected chi connectivity index (χ0v) is 12.4. The molecule has 1 aromatic carbocycles. The van der Waals surface area contributed by atoms with Gasteiger partial charge in [-0.25, -0.2) is 4.39 Å². The summed E-state index contributed by atoms with van der Waals surface area (Å²) in [6, 6.07) is 4.80. The third-order valence-corrected chi connectivity index (χ3v) is 3.87. The van der Waals surface area contributed by atoms with Gasteiger partial charge in [0.2, 0.25) is 0 Å². The highest BCUT2D eigenvalue weighted by molar-refractivity contribution is 6.30. The van der Waals surface area contributed by atoms with Crippen molar-refractivity contribution in [2.75, 3.05) is 19.6 Å². The zero-order valence-electron chi connectivity index (χ0n) is 10.0. The molecule has 102 valence electrons. The molecule has 1 fully saturated rings. The second-order valence-electron chi connectivity index (χ2n) is 4.50. The van der Waals surface area contributed by atoms with Gasteiger partial charge < -0.3 is 4.90 Å². The molecule has 1 heterocycles. The van der Waals surface area contributed by atoms with Crippen molar-refractivity contribution in [3.8, 4) is 0 Å². The molecule has 1 aliphatic rings. The van der Waals surface area contributed by atoms with Crippen molar-refractivity contribution in [2.45, 2.75) is 24.6 Å². The minimum atomic E-state index is -0.395. The van der Waals surface area contributed by atoms with E-state index in [0.717, 1.165) is 25.2 Å². The van der Waals surface area contributed by atoms with Crippen molar-refractivity contribution in [2.24, 2.45) is 0 Å². The molecule has 1 aromatic rings. The van der Waals surface area contributed by atoms with Gasteiger partial charge in [-0.1, -0.05) is 24.1 Å². The van der Waals surface area contributed by atoms with E-state index in [1.807, 2.05) is 0 Å². The summed E-state index contributed by atoms with van der Waals surface area (Å²) in [6.07, 6.45) is 3.77. The number of likely N-dealkylation sites (tertiary alicyclic amines) is 1. The Kier molecular flexibility index (Phi) is 6.72. The lowest BCUT2D eigenvalue weighted by Gasteiger charge is -2.28.